The fourth-order valence-electron chi connectivity index (χ4n) is 4.59. The predicted octanol–water partition coefficient (Wildman–Crippen LogP) is 3.93. The monoisotopic (exact) mass is 506 g/mol. The summed E-state index contributed by atoms with van der Waals surface area (Å²) in [6, 6.07) is 11.0. The van der Waals surface area contributed by atoms with Crippen molar-refractivity contribution in [2.45, 2.75) is 13.0 Å². The number of benzene rings is 1. The normalized spacial score (nSPS) is 27.9. The topological polar surface area (TPSA) is 13.0 Å². The van der Waals surface area contributed by atoms with Gasteiger partial charge < -0.3 is 4.90 Å². The zero-order valence-corrected chi connectivity index (χ0v) is 21.0. The molecule has 2 aliphatic heterocycles. The summed E-state index contributed by atoms with van der Waals surface area (Å²) in [6.07, 6.45) is 10.3. The Morgan fingerprint density at radius 2 is 1.29 bits per heavy atom. The fraction of sp³-hybridized carbons (Fsp3) is 0.583. The maximum atomic E-state index is 4.76. The van der Waals surface area contributed by atoms with Crippen LogP contribution < -0.4 is 0 Å². The molecule has 2 bridgehead atoms. The minimum absolute atomic E-state index is 0.194. The predicted molar refractivity (Wildman–Crippen MR) is 129 cm³/mol. The van der Waals surface area contributed by atoms with Crippen LogP contribution in [0.5, 0.6) is 0 Å². The molecule has 0 N–H and O–H groups in total. The molecule has 0 aromatic heterocycles. The van der Waals surface area contributed by atoms with E-state index < -0.39 is 0 Å². The first-order valence-corrected chi connectivity index (χ1v) is 14.4. The van der Waals surface area contributed by atoms with Crippen LogP contribution in [0.25, 0.3) is 0 Å². The standard InChI is InChI=1S/C24H36N4.2ClH.Fe/c1-3-7-23(8-4-1)21-27-17-13-25-11-12-26(14-18-27)16-20-28(19-15-25)22-24-9-5-2-6-10-24;;;/h1-9,24H,10-22H2;2*1H;/q;;;+2/p-2. The van der Waals surface area contributed by atoms with Gasteiger partial charge in [-0.1, -0.05) is 54.6 Å². The van der Waals surface area contributed by atoms with Crippen LogP contribution >= 0.6 is 20.2 Å². The molecule has 0 saturated carbocycles. The minimum atomic E-state index is 0.194. The van der Waals surface area contributed by atoms with E-state index in [0.717, 1.165) is 6.54 Å². The van der Waals surface area contributed by atoms with Gasteiger partial charge in [0.25, 0.3) is 0 Å². The molecule has 4 nitrogen and oxygen atoms in total. The van der Waals surface area contributed by atoms with Gasteiger partial charge >= 0.3 is 33.3 Å². The van der Waals surface area contributed by atoms with Crippen LogP contribution in [-0.2, 0) is 19.7 Å². The van der Waals surface area contributed by atoms with Crippen molar-refractivity contribution in [1.82, 2.24) is 19.6 Å². The third kappa shape index (κ3) is 9.57. The molecule has 2 saturated heterocycles. The number of rotatable bonds is 4. The fourth-order valence-corrected chi connectivity index (χ4v) is 4.59. The molecular weight excluding hydrogens is 471 g/mol. The van der Waals surface area contributed by atoms with Gasteiger partial charge in [0, 0.05) is 78.5 Å². The molecule has 174 valence electrons. The van der Waals surface area contributed by atoms with Crippen molar-refractivity contribution in [1.29, 1.82) is 0 Å². The first kappa shape index (κ1) is 25.3. The van der Waals surface area contributed by atoms with Crippen molar-refractivity contribution in [3.63, 3.8) is 0 Å². The SMILES string of the molecule is C1=CCC(CN2CCN3CCN(CCN(Cc4ccccc4)CC3)CC2)C=C1.[Cl][Fe][Cl]. The van der Waals surface area contributed by atoms with Crippen molar-refractivity contribution in [3.8, 4) is 0 Å². The van der Waals surface area contributed by atoms with Gasteiger partial charge in [0.15, 0.2) is 0 Å². The van der Waals surface area contributed by atoms with Crippen LogP contribution in [0.4, 0.5) is 0 Å². The molecule has 1 aromatic rings. The van der Waals surface area contributed by atoms with E-state index in [2.05, 4.69) is 74.2 Å². The number of nitrogens with zero attached hydrogens (tertiary/aromatic N) is 4. The van der Waals surface area contributed by atoms with Gasteiger partial charge in [-0.05, 0) is 17.9 Å². The van der Waals surface area contributed by atoms with Crippen LogP contribution in [0, 0.1) is 5.92 Å². The van der Waals surface area contributed by atoms with E-state index in [1.165, 1.54) is 84.0 Å². The zero-order valence-electron chi connectivity index (χ0n) is 18.4. The third-order valence-electron chi connectivity index (χ3n) is 6.47. The quantitative estimate of drug-likeness (QED) is 0.573. The molecule has 2 fully saturated rings. The average Bonchev–Trinajstić information content (AvgIpc) is 2.95. The van der Waals surface area contributed by atoms with Crippen molar-refractivity contribution in [2.24, 2.45) is 5.92 Å². The van der Waals surface area contributed by atoms with Gasteiger partial charge in [0.1, 0.15) is 0 Å². The van der Waals surface area contributed by atoms with E-state index in [4.69, 9.17) is 20.2 Å². The molecule has 0 radical (unpaired) electrons. The molecule has 3 aliphatic rings. The first-order valence-electron chi connectivity index (χ1n) is 11.4. The summed E-state index contributed by atoms with van der Waals surface area (Å²) in [5, 5.41) is 0. The molecule has 4 rings (SSSR count). The summed E-state index contributed by atoms with van der Waals surface area (Å²) in [4.78, 5) is 10.8. The molecule has 0 spiro atoms. The number of hydrogen-bond donors (Lipinski definition) is 0. The number of halogens is 2. The molecular formula is C24H36Cl2FeN4. The van der Waals surface area contributed by atoms with Gasteiger partial charge in [-0.25, -0.2) is 0 Å². The molecule has 1 aliphatic carbocycles. The van der Waals surface area contributed by atoms with Crippen molar-refractivity contribution in [2.75, 3.05) is 72.0 Å². The molecule has 0 amide bonds. The zero-order chi connectivity index (χ0) is 21.7. The summed E-state index contributed by atoms with van der Waals surface area (Å²) >= 11 is 0.194. The summed E-state index contributed by atoms with van der Waals surface area (Å²) in [5.74, 6) is 0.696. The van der Waals surface area contributed by atoms with Crippen LogP contribution in [0.15, 0.2) is 54.6 Å². The van der Waals surface area contributed by atoms with Gasteiger partial charge in [0.2, 0.25) is 0 Å². The van der Waals surface area contributed by atoms with Gasteiger partial charge in [0.05, 0.1) is 0 Å². The third-order valence-corrected chi connectivity index (χ3v) is 6.47. The Labute approximate surface area is 203 Å². The van der Waals surface area contributed by atoms with Crippen molar-refractivity contribution >= 4 is 20.2 Å². The maximum absolute atomic E-state index is 4.76. The molecule has 3 atom stereocenters. The molecule has 31 heavy (non-hydrogen) atoms. The van der Waals surface area contributed by atoms with E-state index in [-0.39, 0.29) is 13.1 Å². The van der Waals surface area contributed by atoms with E-state index in [9.17, 15) is 0 Å². The Hall–Kier alpha value is -0.361. The molecule has 2 heterocycles. The van der Waals surface area contributed by atoms with E-state index in [1.807, 2.05) is 0 Å². The molecule has 1 aromatic carbocycles. The van der Waals surface area contributed by atoms with E-state index in [0.29, 0.717) is 5.92 Å². The van der Waals surface area contributed by atoms with Crippen LogP contribution in [0.3, 0.4) is 0 Å². The summed E-state index contributed by atoms with van der Waals surface area (Å²) < 4.78 is 0. The van der Waals surface area contributed by atoms with Gasteiger partial charge in [-0.2, -0.15) is 0 Å². The summed E-state index contributed by atoms with van der Waals surface area (Å²) in [5.41, 5.74) is 1.44. The Bertz CT molecular complexity index is 653. The summed E-state index contributed by atoms with van der Waals surface area (Å²) in [7, 11) is 9.53. The Kier molecular flexibility index (Phi) is 12.0. The Balaban J connectivity index is 0.000000858. The Morgan fingerprint density at radius 3 is 1.84 bits per heavy atom. The van der Waals surface area contributed by atoms with E-state index in [1.54, 1.807) is 0 Å². The number of hydrogen-bond acceptors (Lipinski definition) is 4. The number of fused-ring (bicyclic) bond motifs is 3. The average molecular weight is 507 g/mol. The summed E-state index contributed by atoms with van der Waals surface area (Å²) in [6.45, 7) is 14.3. The second kappa shape index (κ2) is 14.7. The van der Waals surface area contributed by atoms with Gasteiger partial charge in [-0.15, -0.1) is 0 Å². The van der Waals surface area contributed by atoms with Crippen LogP contribution in [0.1, 0.15) is 12.0 Å². The Morgan fingerprint density at radius 1 is 0.742 bits per heavy atom. The van der Waals surface area contributed by atoms with E-state index >= 15 is 0 Å². The molecule has 7 heteroatoms. The first-order chi connectivity index (χ1) is 15.3. The van der Waals surface area contributed by atoms with Crippen LogP contribution in [-0.4, -0.2) is 91.6 Å². The van der Waals surface area contributed by atoms with Gasteiger partial charge in [-0.3, -0.25) is 14.7 Å². The number of allylic oxidation sites excluding steroid dienone is 3. The van der Waals surface area contributed by atoms with Crippen molar-refractivity contribution < 1.29 is 13.1 Å². The second-order valence-corrected chi connectivity index (χ2v) is 10.4. The second-order valence-electron chi connectivity index (χ2n) is 8.60. The molecule has 3 unspecified atom stereocenters. The van der Waals surface area contributed by atoms with Crippen molar-refractivity contribution in [3.05, 3.63) is 60.2 Å². The van der Waals surface area contributed by atoms with Crippen LogP contribution in [0.2, 0.25) is 0 Å².